The zero-order chi connectivity index (χ0) is 13.8. The zero-order valence-corrected chi connectivity index (χ0v) is 11.0. The maximum absolute atomic E-state index is 12.0. The highest BCUT2D eigenvalue weighted by Gasteiger charge is 2.31. The van der Waals surface area contributed by atoms with Crippen molar-refractivity contribution in [2.75, 3.05) is 0 Å². The number of nitriles is 1. The van der Waals surface area contributed by atoms with Crippen LogP contribution in [0.3, 0.4) is 0 Å². The highest BCUT2D eigenvalue weighted by molar-refractivity contribution is 5.80. The van der Waals surface area contributed by atoms with Gasteiger partial charge in [-0.25, -0.2) is 0 Å². The van der Waals surface area contributed by atoms with Gasteiger partial charge in [0, 0.05) is 0 Å². The van der Waals surface area contributed by atoms with Crippen molar-refractivity contribution in [2.45, 2.75) is 38.3 Å². The SMILES string of the molecule is CC(NC(=O)C1CCCC1O)c1ccc(C#N)cc1. The number of benzene rings is 1. The van der Waals surface area contributed by atoms with Gasteiger partial charge in [0.05, 0.1) is 29.7 Å². The standard InChI is InChI=1S/C15H18N2O2/c1-10(12-7-5-11(9-16)6-8-12)17-15(19)13-3-2-4-14(13)18/h5-8,10,13-14,18H,2-4H2,1H3,(H,17,19). The number of nitrogens with zero attached hydrogens (tertiary/aromatic N) is 1. The number of rotatable bonds is 3. The zero-order valence-electron chi connectivity index (χ0n) is 11.0. The fourth-order valence-corrected chi connectivity index (χ4v) is 2.50. The van der Waals surface area contributed by atoms with Crippen LogP contribution in [0.4, 0.5) is 0 Å². The van der Waals surface area contributed by atoms with Crippen LogP contribution in [0, 0.1) is 17.2 Å². The molecule has 1 fully saturated rings. The maximum atomic E-state index is 12.0. The monoisotopic (exact) mass is 258 g/mol. The Morgan fingerprint density at radius 1 is 1.42 bits per heavy atom. The van der Waals surface area contributed by atoms with E-state index in [9.17, 15) is 9.90 Å². The van der Waals surface area contributed by atoms with Gasteiger partial charge in [0.1, 0.15) is 0 Å². The predicted molar refractivity (Wildman–Crippen MR) is 71.1 cm³/mol. The summed E-state index contributed by atoms with van der Waals surface area (Å²) in [5.74, 6) is -0.359. The van der Waals surface area contributed by atoms with Gasteiger partial charge < -0.3 is 10.4 Å². The summed E-state index contributed by atoms with van der Waals surface area (Å²) in [4.78, 5) is 12.0. The summed E-state index contributed by atoms with van der Waals surface area (Å²) in [5, 5.41) is 21.4. The smallest absolute Gasteiger partial charge is 0.226 e. The second-order valence-corrected chi connectivity index (χ2v) is 5.07. The molecule has 1 aromatic carbocycles. The van der Waals surface area contributed by atoms with E-state index in [1.54, 1.807) is 12.1 Å². The van der Waals surface area contributed by atoms with Crippen molar-refractivity contribution in [3.05, 3.63) is 35.4 Å². The van der Waals surface area contributed by atoms with Crippen LogP contribution in [0.2, 0.25) is 0 Å². The Labute approximate surface area is 113 Å². The van der Waals surface area contributed by atoms with Crippen molar-refractivity contribution in [3.63, 3.8) is 0 Å². The molecule has 1 aliphatic rings. The molecule has 0 bridgehead atoms. The van der Waals surface area contributed by atoms with Crippen LogP contribution in [0.25, 0.3) is 0 Å². The normalized spacial score (nSPS) is 23.6. The van der Waals surface area contributed by atoms with Crippen molar-refractivity contribution in [1.82, 2.24) is 5.32 Å². The van der Waals surface area contributed by atoms with Crippen molar-refractivity contribution in [3.8, 4) is 6.07 Å². The number of aliphatic hydroxyl groups excluding tert-OH is 1. The topological polar surface area (TPSA) is 73.1 Å². The molecular weight excluding hydrogens is 240 g/mol. The van der Waals surface area contributed by atoms with Crippen LogP contribution in [0.5, 0.6) is 0 Å². The lowest BCUT2D eigenvalue weighted by atomic mass is 10.0. The largest absolute Gasteiger partial charge is 0.392 e. The van der Waals surface area contributed by atoms with Crippen LogP contribution in [0.1, 0.15) is 43.4 Å². The van der Waals surface area contributed by atoms with Crippen molar-refractivity contribution < 1.29 is 9.90 Å². The van der Waals surface area contributed by atoms with Crippen LogP contribution in [-0.4, -0.2) is 17.1 Å². The first-order valence-electron chi connectivity index (χ1n) is 6.60. The fourth-order valence-electron chi connectivity index (χ4n) is 2.50. The lowest BCUT2D eigenvalue weighted by molar-refractivity contribution is -0.128. The summed E-state index contributed by atoms with van der Waals surface area (Å²) in [6, 6.07) is 9.11. The number of hydrogen-bond donors (Lipinski definition) is 2. The molecule has 2 N–H and O–H groups in total. The lowest BCUT2D eigenvalue weighted by Crippen LogP contribution is -2.36. The molecule has 2 rings (SSSR count). The maximum Gasteiger partial charge on any atom is 0.226 e. The van der Waals surface area contributed by atoms with E-state index in [0.717, 1.165) is 18.4 Å². The van der Waals surface area contributed by atoms with Crippen molar-refractivity contribution in [1.29, 1.82) is 5.26 Å². The van der Waals surface area contributed by atoms with Gasteiger partial charge >= 0.3 is 0 Å². The van der Waals surface area contributed by atoms with E-state index < -0.39 is 6.10 Å². The molecule has 100 valence electrons. The molecule has 3 atom stereocenters. The molecule has 0 saturated heterocycles. The fraction of sp³-hybridized carbons (Fsp3) is 0.467. The summed E-state index contributed by atoms with van der Waals surface area (Å²) < 4.78 is 0. The number of carbonyl (C=O) groups is 1. The molecule has 3 unspecified atom stereocenters. The van der Waals surface area contributed by atoms with E-state index in [-0.39, 0.29) is 17.9 Å². The van der Waals surface area contributed by atoms with Crippen molar-refractivity contribution >= 4 is 5.91 Å². The third-order valence-electron chi connectivity index (χ3n) is 3.71. The minimum atomic E-state index is -0.506. The van der Waals surface area contributed by atoms with E-state index >= 15 is 0 Å². The average molecular weight is 258 g/mol. The average Bonchev–Trinajstić information content (AvgIpc) is 2.85. The molecule has 0 spiro atoms. The third kappa shape index (κ3) is 3.12. The molecular formula is C15H18N2O2. The molecule has 19 heavy (non-hydrogen) atoms. The molecule has 1 amide bonds. The lowest BCUT2D eigenvalue weighted by Gasteiger charge is -2.19. The van der Waals surface area contributed by atoms with Gasteiger partial charge in [0.15, 0.2) is 0 Å². The quantitative estimate of drug-likeness (QED) is 0.869. The molecule has 4 heteroatoms. The Kier molecular flexibility index (Phi) is 4.18. The number of amides is 1. The predicted octanol–water partition coefficient (Wildman–Crippen LogP) is 1.90. The van der Waals surface area contributed by atoms with Crippen LogP contribution < -0.4 is 5.32 Å². The molecule has 1 aromatic rings. The Morgan fingerprint density at radius 2 is 2.11 bits per heavy atom. The van der Waals surface area contributed by atoms with E-state index in [1.807, 2.05) is 19.1 Å². The second-order valence-electron chi connectivity index (χ2n) is 5.07. The summed E-state index contributed by atoms with van der Waals surface area (Å²) >= 11 is 0. The van der Waals surface area contributed by atoms with E-state index in [1.165, 1.54) is 0 Å². The molecule has 0 aliphatic heterocycles. The summed E-state index contributed by atoms with van der Waals surface area (Å²) in [6.45, 7) is 1.90. The van der Waals surface area contributed by atoms with E-state index in [2.05, 4.69) is 11.4 Å². The first kappa shape index (κ1) is 13.6. The Morgan fingerprint density at radius 3 is 2.63 bits per heavy atom. The molecule has 1 aliphatic carbocycles. The second kappa shape index (κ2) is 5.85. The van der Waals surface area contributed by atoms with Crippen LogP contribution in [0.15, 0.2) is 24.3 Å². The van der Waals surface area contributed by atoms with Gasteiger partial charge in [-0.3, -0.25) is 4.79 Å². The van der Waals surface area contributed by atoms with Crippen LogP contribution >= 0.6 is 0 Å². The minimum Gasteiger partial charge on any atom is -0.392 e. The minimum absolute atomic E-state index is 0.0816. The molecule has 1 saturated carbocycles. The molecule has 0 aromatic heterocycles. The molecule has 4 nitrogen and oxygen atoms in total. The Hall–Kier alpha value is -1.86. The van der Waals surface area contributed by atoms with Gasteiger partial charge in [-0.2, -0.15) is 5.26 Å². The van der Waals surface area contributed by atoms with Crippen LogP contribution in [-0.2, 0) is 4.79 Å². The Balaban J connectivity index is 1.98. The number of nitrogens with one attached hydrogen (secondary N) is 1. The van der Waals surface area contributed by atoms with Gasteiger partial charge in [-0.1, -0.05) is 12.1 Å². The highest BCUT2D eigenvalue weighted by atomic mass is 16.3. The number of carbonyl (C=O) groups excluding carboxylic acids is 1. The number of aliphatic hydroxyl groups is 1. The van der Waals surface area contributed by atoms with E-state index in [0.29, 0.717) is 12.0 Å². The van der Waals surface area contributed by atoms with Crippen molar-refractivity contribution in [2.24, 2.45) is 5.92 Å². The van der Waals surface area contributed by atoms with Gasteiger partial charge in [0.2, 0.25) is 5.91 Å². The van der Waals surface area contributed by atoms with Gasteiger partial charge in [0.25, 0.3) is 0 Å². The molecule has 0 radical (unpaired) electrons. The third-order valence-corrected chi connectivity index (χ3v) is 3.71. The van der Waals surface area contributed by atoms with E-state index in [4.69, 9.17) is 5.26 Å². The van der Waals surface area contributed by atoms with Gasteiger partial charge in [-0.05, 0) is 43.9 Å². The number of hydrogen-bond acceptors (Lipinski definition) is 3. The summed E-state index contributed by atoms with van der Waals surface area (Å²) in [5.41, 5.74) is 1.56. The first-order valence-corrected chi connectivity index (χ1v) is 6.60. The van der Waals surface area contributed by atoms with Gasteiger partial charge in [-0.15, -0.1) is 0 Å². The summed E-state index contributed by atoms with van der Waals surface area (Å²) in [6.07, 6.45) is 1.87. The Bertz CT molecular complexity index is 490. The molecule has 0 heterocycles. The first-order chi connectivity index (χ1) is 9.11. The highest BCUT2D eigenvalue weighted by Crippen LogP contribution is 2.26. The summed E-state index contributed by atoms with van der Waals surface area (Å²) in [7, 11) is 0.